The van der Waals surface area contributed by atoms with Gasteiger partial charge in [0.15, 0.2) is 5.82 Å². The summed E-state index contributed by atoms with van der Waals surface area (Å²) in [5.74, 6) is 5.94. The van der Waals surface area contributed by atoms with Crippen molar-refractivity contribution in [2.45, 2.75) is 13.0 Å². The molecular formula is C7H16N8O. The first-order chi connectivity index (χ1) is 7.74. The summed E-state index contributed by atoms with van der Waals surface area (Å²) < 4.78 is 0. The maximum Gasteiger partial charge on any atom is 0.331 e. The van der Waals surface area contributed by atoms with E-state index < -0.39 is 0 Å². The van der Waals surface area contributed by atoms with Crippen LogP contribution in [-0.4, -0.2) is 51.8 Å². The van der Waals surface area contributed by atoms with Gasteiger partial charge in [0, 0.05) is 6.54 Å². The van der Waals surface area contributed by atoms with Gasteiger partial charge in [-0.1, -0.05) is 5.21 Å². The number of hydrogen-bond donors (Lipinski definition) is 4. The predicted octanol–water partition coefficient (Wildman–Crippen LogP) is -1.81. The molecular weight excluding hydrogens is 212 g/mol. The fraction of sp³-hybridized carbons (Fsp3) is 0.714. The van der Waals surface area contributed by atoms with Gasteiger partial charge in [-0.25, -0.2) is 10.6 Å². The van der Waals surface area contributed by atoms with E-state index in [1.165, 1.54) is 0 Å². The number of nitrogens with one attached hydrogen (secondary N) is 3. The molecule has 0 spiro atoms. The molecule has 5 N–H and O–H groups in total. The summed E-state index contributed by atoms with van der Waals surface area (Å²) in [6.07, 6.45) is 0.794. The van der Waals surface area contributed by atoms with E-state index in [1.54, 1.807) is 0 Å². The van der Waals surface area contributed by atoms with Gasteiger partial charge in [0.05, 0.1) is 6.54 Å². The SMILES string of the molecule is CNCCCN(N)C(=O)NCc1nn[nH]n1. The lowest BCUT2D eigenvalue weighted by molar-refractivity contribution is 0.197. The second kappa shape index (κ2) is 6.69. The second-order valence-corrected chi connectivity index (χ2v) is 3.14. The van der Waals surface area contributed by atoms with E-state index in [0.717, 1.165) is 18.0 Å². The molecule has 0 atom stereocenters. The molecule has 0 radical (unpaired) electrons. The van der Waals surface area contributed by atoms with Gasteiger partial charge in [0.25, 0.3) is 0 Å². The molecule has 0 aliphatic carbocycles. The van der Waals surface area contributed by atoms with Gasteiger partial charge >= 0.3 is 6.03 Å². The minimum atomic E-state index is -0.360. The van der Waals surface area contributed by atoms with Crippen LogP contribution < -0.4 is 16.5 Å². The van der Waals surface area contributed by atoms with Crippen LogP contribution in [0.5, 0.6) is 0 Å². The van der Waals surface area contributed by atoms with E-state index >= 15 is 0 Å². The van der Waals surface area contributed by atoms with Crippen LogP contribution in [0.25, 0.3) is 0 Å². The fourth-order valence-corrected chi connectivity index (χ4v) is 1.04. The normalized spacial score (nSPS) is 10.1. The van der Waals surface area contributed by atoms with Crippen molar-refractivity contribution in [3.63, 3.8) is 0 Å². The highest BCUT2D eigenvalue weighted by Gasteiger charge is 2.08. The van der Waals surface area contributed by atoms with Gasteiger partial charge in [-0.05, 0) is 20.0 Å². The molecule has 2 amide bonds. The summed E-state index contributed by atoms with van der Waals surface area (Å²) in [6, 6.07) is -0.360. The van der Waals surface area contributed by atoms with Gasteiger partial charge < -0.3 is 10.6 Å². The fourth-order valence-electron chi connectivity index (χ4n) is 1.04. The van der Waals surface area contributed by atoms with E-state index in [-0.39, 0.29) is 12.6 Å². The van der Waals surface area contributed by atoms with Crippen LogP contribution in [0.2, 0.25) is 0 Å². The highest BCUT2D eigenvalue weighted by atomic mass is 16.2. The molecule has 0 fully saturated rings. The molecule has 1 aromatic heterocycles. The maximum absolute atomic E-state index is 11.4. The summed E-state index contributed by atoms with van der Waals surface area (Å²) in [6.45, 7) is 1.50. The number of amides is 2. The first-order valence-electron chi connectivity index (χ1n) is 4.91. The van der Waals surface area contributed by atoms with Crippen molar-refractivity contribution in [3.8, 4) is 0 Å². The third kappa shape index (κ3) is 4.19. The monoisotopic (exact) mass is 228 g/mol. The number of carbonyl (C=O) groups excluding carboxylic acids is 1. The number of aromatic amines is 1. The van der Waals surface area contributed by atoms with Crippen molar-refractivity contribution in [1.82, 2.24) is 36.3 Å². The lowest BCUT2D eigenvalue weighted by atomic mass is 10.4. The Bertz CT molecular complexity index is 299. The zero-order valence-corrected chi connectivity index (χ0v) is 9.10. The van der Waals surface area contributed by atoms with Crippen molar-refractivity contribution >= 4 is 6.03 Å². The minimum absolute atomic E-state index is 0.203. The Balaban J connectivity index is 2.18. The first kappa shape index (κ1) is 12.3. The Hall–Kier alpha value is -1.74. The van der Waals surface area contributed by atoms with E-state index in [0.29, 0.717) is 12.4 Å². The van der Waals surface area contributed by atoms with Gasteiger partial charge in [-0.15, -0.1) is 10.2 Å². The van der Waals surface area contributed by atoms with Crippen LogP contribution in [0.3, 0.4) is 0 Å². The molecule has 0 aromatic carbocycles. The predicted molar refractivity (Wildman–Crippen MR) is 55.9 cm³/mol. The number of urea groups is 1. The number of rotatable bonds is 6. The molecule has 0 aliphatic rings. The van der Waals surface area contributed by atoms with Crippen molar-refractivity contribution in [2.24, 2.45) is 5.84 Å². The largest absolute Gasteiger partial charge is 0.331 e. The lowest BCUT2D eigenvalue weighted by Crippen LogP contribution is -2.45. The summed E-state index contributed by atoms with van der Waals surface area (Å²) in [4.78, 5) is 11.4. The van der Waals surface area contributed by atoms with Crippen LogP contribution in [0.15, 0.2) is 0 Å². The van der Waals surface area contributed by atoms with Crippen LogP contribution in [0.1, 0.15) is 12.2 Å². The van der Waals surface area contributed by atoms with Crippen LogP contribution in [-0.2, 0) is 6.54 Å². The molecule has 0 bridgehead atoms. The number of hydrogen-bond acceptors (Lipinski definition) is 6. The number of nitrogens with zero attached hydrogens (tertiary/aromatic N) is 4. The zero-order chi connectivity index (χ0) is 11.8. The highest BCUT2D eigenvalue weighted by molar-refractivity contribution is 5.73. The molecule has 0 aliphatic heterocycles. The Labute approximate surface area is 92.7 Å². The average Bonchev–Trinajstić information content (AvgIpc) is 2.79. The number of tetrazole rings is 1. The summed E-state index contributed by atoms with van der Waals surface area (Å²) in [7, 11) is 1.84. The topological polar surface area (TPSA) is 125 Å². The van der Waals surface area contributed by atoms with Crippen LogP contribution in [0, 0.1) is 0 Å². The highest BCUT2D eigenvalue weighted by Crippen LogP contribution is 1.87. The summed E-state index contributed by atoms with van der Waals surface area (Å²) in [5, 5.41) is 19.7. The molecule has 90 valence electrons. The summed E-state index contributed by atoms with van der Waals surface area (Å²) >= 11 is 0. The Morgan fingerprint density at radius 3 is 3.06 bits per heavy atom. The molecule has 9 nitrogen and oxygen atoms in total. The Morgan fingerprint density at radius 1 is 1.62 bits per heavy atom. The van der Waals surface area contributed by atoms with Crippen molar-refractivity contribution in [3.05, 3.63) is 5.82 Å². The quantitative estimate of drug-likeness (QED) is 0.197. The number of H-pyrrole nitrogens is 1. The third-order valence-corrected chi connectivity index (χ3v) is 1.87. The van der Waals surface area contributed by atoms with E-state index in [1.807, 2.05) is 7.05 Å². The van der Waals surface area contributed by atoms with Gasteiger partial charge in [-0.3, -0.25) is 5.01 Å². The number of nitrogens with two attached hydrogens (primary N) is 1. The molecule has 0 saturated carbocycles. The molecule has 1 aromatic rings. The van der Waals surface area contributed by atoms with Crippen LogP contribution in [0.4, 0.5) is 4.79 Å². The number of hydrazine groups is 1. The zero-order valence-electron chi connectivity index (χ0n) is 9.10. The minimum Gasteiger partial charge on any atom is -0.329 e. The van der Waals surface area contributed by atoms with Crippen molar-refractivity contribution in [1.29, 1.82) is 0 Å². The molecule has 1 rings (SSSR count). The molecule has 0 saturated heterocycles. The van der Waals surface area contributed by atoms with E-state index in [4.69, 9.17) is 5.84 Å². The maximum atomic E-state index is 11.4. The molecule has 9 heteroatoms. The Kier molecular flexibility index (Phi) is 5.16. The van der Waals surface area contributed by atoms with E-state index in [9.17, 15) is 4.79 Å². The Morgan fingerprint density at radius 2 is 2.44 bits per heavy atom. The van der Waals surface area contributed by atoms with Crippen molar-refractivity contribution in [2.75, 3.05) is 20.1 Å². The van der Waals surface area contributed by atoms with Crippen molar-refractivity contribution < 1.29 is 4.79 Å². The number of carbonyl (C=O) groups is 1. The molecule has 1 heterocycles. The molecule has 16 heavy (non-hydrogen) atoms. The van der Waals surface area contributed by atoms with Gasteiger partial charge in [-0.2, -0.15) is 5.21 Å². The average molecular weight is 228 g/mol. The smallest absolute Gasteiger partial charge is 0.329 e. The first-order valence-corrected chi connectivity index (χ1v) is 4.91. The van der Waals surface area contributed by atoms with E-state index in [2.05, 4.69) is 31.3 Å². The van der Waals surface area contributed by atoms with Crippen LogP contribution >= 0.6 is 0 Å². The number of aromatic nitrogens is 4. The molecule has 0 unspecified atom stereocenters. The third-order valence-electron chi connectivity index (χ3n) is 1.87. The lowest BCUT2D eigenvalue weighted by Gasteiger charge is -2.16. The van der Waals surface area contributed by atoms with Gasteiger partial charge in [0.2, 0.25) is 0 Å². The second-order valence-electron chi connectivity index (χ2n) is 3.14. The standard InChI is InChI=1S/C7H16N8O/c1-9-3-2-4-15(8)7(16)10-5-6-11-13-14-12-6/h9H,2-5,8H2,1H3,(H,10,16)(H,11,12,13,14). The van der Waals surface area contributed by atoms with Gasteiger partial charge in [0.1, 0.15) is 0 Å². The summed E-state index contributed by atoms with van der Waals surface area (Å²) in [5.41, 5.74) is 0.